The number of carbonyl (C=O) groups excluding carboxylic acids is 1. The molecule has 38 heavy (non-hydrogen) atoms. The molecule has 9 nitrogen and oxygen atoms in total. The highest BCUT2D eigenvalue weighted by molar-refractivity contribution is 7.81. The van der Waals surface area contributed by atoms with Gasteiger partial charge in [0.05, 0.1) is 48.4 Å². The summed E-state index contributed by atoms with van der Waals surface area (Å²) in [6, 6.07) is 7.11. The lowest BCUT2D eigenvalue weighted by atomic mass is 10.0. The highest BCUT2D eigenvalue weighted by atomic mass is 35.5. The van der Waals surface area contributed by atoms with Gasteiger partial charge in [-0.1, -0.05) is 29.9 Å². The van der Waals surface area contributed by atoms with Crippen LogP contribution in [0, 0.1) is 0 Å². The van der Waals surface area contributed by atoms with Crippen molar-refractivity contribution in [1.82, 2.24) is 15.6 Å². The van der Waals surface area contributed by atoms with Gasteiger partial charge in [-0.3, -0.25) is 9.78 Å². The van der Waals surface area contributed by atoms with Gasteiger partial charge in [0.2, 0.25) is 0 Å². The Bertz CT molecular complexity index is 1210. The minimum Gasteiger partial charge on any atom is -0.493 e. The Hall–Kier alpha value is -2.92. The maximum atomic E-state index is 13.0. The first-order valence-electron chi connectivity index (χ1n) is 12.4. The van der Waals surface area contributed by atoms with Crippen molar-refractivity contribution in [3.63, 3.8) is 0 Å². The number of methoxy groups -OCH3 is 1. The van der Waals surface area contributed by atoms with Crippen molar-refractivity contribution in [3.05, 3.63) is 58.5 Å². The molecular formula is C27H33ClN4O5S. The molecular weight excluding hydrogens is 528 g/mol. The van der Waals surface area contributed by atoms with Crippen LogP contribution in [0.1, 0.15) is 32.8 Å². The van der Waals surface area contributed by atoms with E-state index in [1.165, 1.54) is 7.11 Å². The van der Waals surface area contributed by atoms with Crippen molar-refractivity contribution in [2.45, 2.75) is 51.5 Å². The van der Waals surface area contributed by atoms with E-state index >= 15 is 0 Å². The summed E-state index contributed by atoms with van der Waals surface area (Å²) in [4.78, 5) is 17.5. The average Bonchev–Trinajstić information content (AvgIpc) is 2.87. The van der Waals surface area contributed by atoms with Gasteiger partial charge in [-0.05, 0) is 39.0 Å². The molecule has 1 aromatic carbocycles. The van der Waals surface area contributed by atoms with Gasteiger partial charge in [0.15, 0.2) is 5.75 Å². The second kappa shape index (κ2) is 12.3. The van der Waals surface area contributed by atoms with E-state index in [1.807, 2.05) is 26.8 Å². The van der Waals surface area contributed by atoms with Crippen LogP contribution >= 0.6 is 23.8 Å². The molecule has 0 aliphatic carbocycles. The van der Waals surface area contributed by atoms with Crippen molar-refractivity contribution in [3.8, 4) is 11.5 Å². The van der Waals surface area contributed by atoms with E-state index in [1.54, 1.807) is 30.6 Å². The predicted molar refractivity (Wildman–Crippen MR) is 150 cm³/mol. The average molecular weight is 561 g/mol. The topological polar surface area (TPSA) is 103 Å². The van der Waals surface area contributed by atoms with Crippen molar-refractivity contribution in [2.75, 3.05) is 32.2 Å². The fourth-order valence-electron chi connectivity index (χ4n) is 4.19. The summed E-state index contributed by atoms with van der Waals surface area (Å²) in [5.41, 5.74) is 2.27. The lowest BCUT2D eigenvalue weighted by molar-refractivity contribution is -0.181. The Labute approximate surface area is 233 Å². The third kappa shape index (κ3) is 6.93. The number of para-hydroxylation sites is 1. The van der Waals surface area contributed by atoms with E-state index in [0.717, 1.165) is 11.3 Å². The molecule has 2 atom stereocenters. The second-order valence-electron chi connectivity index (χ2n) is 9.86. The number of nitrogens with zero attached hydrogens (tertiary/aromatic N) is 1. The summed E-state index contributed by atoms with van der Waals surface area (Å²) in [6.45, 7) is 7.67. The third-order valence-electron chi connectivity index (χ3n) is 6.18. The highest BCUT2D eigenvalue weighted by Gasteiger charge is 2.30. The first kappa shape index (κ1) is 28.1. The van der Waals surface area contributed by atoms with Crippen LogP contribution in [0.3, 0.4) is 0 Å². The normalized spacial score (nSPS) is 20.9. The zero-order valence-corrected chi connectivity index (χ0v) is 23.5. The SMILES string of the molecule is COc1c(Cl)cccc1NC(=S)C1=C(NCc2ccncc2OCC2COC(C)(C)CO2)C[C@@H](C)NC1=O. The molecule has 2 aliphatic rings. The van der Waals surface area contributed by atoms with Gasteiger partial charge in [0.25, 0.3) is 5.91 Å². The Morgan fingerprint density at radius 1 is 1.34 bits per heavy atom. The monoisotopic (exact) mass is 560 g/mol. The van der Waals surface area contributed by atoms with Gasteiger partial charge in [0.1, 0.15) is 23.4 Å². The summed E-state index contributed by atoms with van der Waals surface area (Å²) in [5, 5.41) is 9.93. The number of nitrogens with one attached hydrogen (secondary N) is 3. The maximum Gasteiger partial charge on any atom is 0.256 e. The molecule has 0 saturated carbocycles. The fourth-order valence-corrected chi connectivity index (χ4v) is 4.76. The number of rotatable bonds is 9. The van der Waals surface area contributed by atoms with Crippen LogP contribution in [0.15, 0.2) is 47.9 Å². The Balaban J connectivity index is 1.48. The molecule has 4 rings (SSSR count). The van der Waals surface area contributed by atoms with Crippen LogP contribution in [0.4, 0.5) is 5.69 Å². The molecule has 0 spiro atoms. The van der Waals surface area contributed by atoms with Crippen molar-refractivity contribution < 1.29 is 23.7 Å². The summed E-state index contributed by atoms with van der Waals surface area (Å²) in [5.74, 6) is 0.826. The largest absolute Gasteiger partial charge is 0.493 e. The highest BCUT2D eigenvalue weighted by Crippen LogP contribution is 2.33. The minimum atomic E-state index is -0.290. The standard InChI is InChI=1S/C27H33ClN4O5S/c1-16-10-21(23(25(33)31-16)26(38)32-20-7-5-6-19(28)24(20)34-4)30-11-17-8-9-29-12-22(17)35-13-18-14-37-27(2,3)15-36-18/h5-9,12,16,18,30H,10-11,13-15H2,1-4H3,(H,31,33)(H,32,38)/t16-,18?/m1/s1. The van der Waals surface area contributed by atoms with Gasteiger partial charge in [-0.15, -0.1) is 0 Å². The molecule has 1 aromatic heterocycles. The lowest BCUT2D eigenvalue weighted by Gasteiger charge is -2.34. The molecule has 2 aliphatic heterocycles. The summed E-state index contributed by atoms with van der Waals surface area (Å²) in [7, 11) is 1.53. The summed E-state index contributed by atoms with van der Waals surface area (Å²) >= 11 is 11.9. The lowest BCUT2D eigenvalue weighted by Crippen LogP contribution is -2.44. The van der Waals surface area contributed by atoms with E-state index in [2.05, 4.69) is 20.9 Å². The minimum absolute atomic E-state index is 0.0573. The fraction of sp³-hybridized carbons (Fsp3) is 0.444. The summed E-state index contributed by atoms with van der Waals surface area (Å²) in [6.07, 6.45) is 3.80. The van der Waals surface area contributed by atoms with Crippen LogP contribution in [0.2, 0.25) is 5.02 Å². The maximum absolute atomic E-state index is 13.0. The zero-order valence-electron chi connectivity index (χ0n) is 21.9. The third-order valence-corrected chi connectivity index (χ3v) is 6.78. The number of hydrogen-bond acceptors (Lipinski definition) is 8. The smallest absolute Gasteiger partial charge is 0.256 e. The zero-order chi connectivity index (χ0) is 27.3. The molecule has 1 fully saturated rings. The van der Waals surface area contributed by atoms with Crippen LogP contribution in [-0.2, 0) is 20.8 Å². The van der Waals surface area contributed by atoms with Crippen LogP contribution in [0.5, 0.6) is 11.5 Å². The first-order chi connectivity index (χ1) is 18.2. The summed E-state index contributed by atoms with van der Waals surface area (Å²) < 4.78 is 23.2. The number of halogens is 1. The van der Waals surface area contributed by atoms with Gasteiger partial charge >= 0.3 is 0 Å². The first-order valence-corrected chi connectivity index (χ1v) is 13.2. The van der Waals surface area contributed by atoms with E-state index < -0.39 is 0 Å². The number of hydrogen-bond donors (Lipinski definition) is 3. The Kier molecular flexibility index (Phi) is 9.09. The van der Waals surface area contributed by atoms with Crippen LogP contribution < -0.4 is 25.4 Å². The quantitative estimate of drug-likeness (QED) is 0.392. The van der Waals surface area contributed by atoms with Crippen molar-refractivity contribution in [1.29, 1.82) is 0 Å². The predicted octanol–water partition coefficient (Wildman–Crippen LogP) is 4.01. The Morgan fingerprint density at radius 2 is 2.16 bits per heavy atom. The molecule has 3 N–H and O–H groups in total. The Morgan fingerprint density at radius 3 is 2.89 bits per heavy atom. The van der Waals surface area contributed by atoms with E-state index in [0.29, 0.717) is 60.6 Å². The molecule has 11 heteroatoms. The number of amides is 1. The molecule has 1 unspecified atom stereocenters. The number of pyridine rings is 1. The molecule has 1 saturated heterocycles. The second-order valence-corrected chi connectivity index (χ2v) is 10.7. The number of carbonyl (C=O) groups is 1. The number of benzene rings is 1. The van der Waals surface area contributed by atoms with Crippen molar-refractivity contribution in [2.24, 2.45) is 0 Å². The number of ether oxygens (including phenoxy) is 4. The number of anilines is 1. The van der Waals surface area contributed by atoms with Gasteiger partial charge in [0, 0.05) is 36.5 Å². The van der Waals surface area contributed by atoms with Gasteiger partial charge in [-0.2, -0.15) is 0 Å². The number of thiocarbonyl (C=S) groups is 1. The molecule has 0 bridgehead atoms. The molecule has 2 aromatic rings. The molecule has 204 valence electrons. The van der Waals surface area contributed by atoms with Crippen LogP contribution in [0.25, 0.3) is 0 Å². The molecule has 1 amide bonds. The van der Waals surface area contributed by atoms with E-state index in [4.69, 9.17) is 42.8 Å². The van der Waals surface area contributed by atoms with Gasteiger partial charge < -0.3 is 34.9 Å². The molecule has 0 radical (unpaired) electrons. The van der Waals surface area contributed by atoms with Crippen molar-refractivity contribution >= 4 is 40.4 Å². The molecule has 3 heterocycles. The number of aromatic nitrogens is 1. The van der Waals surface area contributed by atoms with E-state index in [-0.39, 0.29) is 28.6 Å². The van der Waals surface area contributed by atoms with Crippen LogP contribution in [-0.4, -0.2) is 60.6 Å². The van der Waals surface area contributed by atoms with E-state index in [9.17, 15) is 4.79 Å². The van der Waals surface area contributed by atoms with Gasteiger partial charge in [-0.25, -0.2) is 0 Å².